The monoisotopic (exact) mass is 332 g/mol. The highest BCUT2D eigenvalue weighted by atomic mass is 14.2. The van der Waals surface area contributed by atoms with Crippen LogP contribution in [0.25, 0.3) is 0 Å². The summed E-state index contributed by atoms with van der Waals surface area (Å²) in [5.41, 5.74) is 2.42. The number of unbranched alkanes of at least 4 members (excludes halogenated alkanes) is 2. The molecule has 0 spiro atoms. The summed E-state index contributed by atoms with van der Waals surface area (Å²) in [6.45, 7) is 4.45. The molecule has 0 N–H and O–H groups in total. The minimum Gasteiger partial charge on any atom is -0.0951 e. The van der Waals surface area contributed by atoms with Crippen LogP contribution in [-0.4, -0.2) is 0 Å². The van der Waals surface area contributed by atoms with E-state index in [0.717, 1.165) is 17.9 Å². The molecule has 1 fully saturated rings. The number of hydrogen-bond donors (Lipinski definition) is 0. The van der Waals surface area contributed by atoms with E-state index in [1.54, 1.807) is 0 Å². The third-order valence-corrected chi connectivity index (χ3v) is 5.18. The lowest BCUT2D eigenvalue weighted by atomic mass is 9.80. The summed E-state index contributed by atoms with van der Waals surface area (Å²) in [5, 5.41) is 0. The van der Waals surface area contributed by atoms with Gasteiger partial charge in [-0.05, 0) is 67.9 Å². The molecular weight excluding hydrogens is 300 g/mol. The van der Waals surface area contributed by atoms with Crippen molar-refractivity contribution in [1.29, 1.82) is 0 Å². The van der Waals surface area contributed by atoms with Crippen LogP contribution < -0.4 is 0 Å². The van der Waals surface area contributed by atoms with Gasteiger partial charge in [-0.2, -0.15) is 0 Å². The number of hydrogen-bond acceptors (Lipinski definition) is 0. The van der Waals surface area contributed by atoms with E-state index in [2.05, 4.69) is 61.8 Å². The van der Waals surface area contributed by atoms with Crippen LogP contribution in [0.2, 0.25) is 0 Å². The van der Waals surface area contributed by atoms with Crippen molar-refractivity contribution in [2.75, 3.05) is 0 Å². The quantitative estimate of drug-likeness (QED) is 0.424. The third kappa shape index (κ3) is 7.67. The molecule has 1 aliphatic carbocycles. The highest BCUT2D eigenvalue weighted by Crippen LogP contribution is 2.31. The number of rotatable bonds is 5. The van der Waals surface area contributed by atoms with Gasteiger partial charge in [-0.15, -0.1) is 0 Å². The van der Waals surface area contributed by atoms with E-state index in [1.165, 1.54) is 56.9 Å². The number of benzene rings is 1. The normalized spacial score (nSPS) is 19.8. The van der Waals surface area contributed by atoms with Gasteiger partial charge in [-0.3, -0.25) is 0 Å². The van der Waals surface area contributed by atoms with E-state index in [-0.39, 0.29) is 0 Å². The molecule has 0 unspecified atom stereocenters. The molecule has 1 aromatic carbocycles. The van der Waals surface area contributed by atoms with Crippen molar-refractivity contribution in [3.63, 3.8) is 0 Å². The fourth-order valence-electron chi connectivity index (χ4n) is 3.48. The second-order valence-corrected chi connectivity index (χ2v) is 7.16. The zero-order chi connectivity index (χ0) is 17.7. The summed E-state index contributed by atoms with van der Waals surface area (Å²) >= 11 is 0. The van der Waals surface area contributed by atoms with Gasteiger partial charge in [-0.1, -0.05) is 75.3 Å². The van der Waals surface area contributed by atoms with Crippen LogP contribution >= 0.6 is 0 Å². The Hall–Kier alpha value is -1.92. The first kappa shape index (κ1) is 19.4. The maximum absolute atomic E-state index is 3.42. The molecule has 0 saturated heterocycles. The zero-order valence-corrected chi connectivity index (χ0v) is 16.0. The lowest BCUT2D eigenvalue weighted by Gasteiger charge is -2.25. The van der Waals surface area contributed by atoms with Crippen LogP contribution in [0, 0.1) is 35.5 Å². The highest BCUT2D eigenvalue weighted by Gasteiger charge is 2.18. The highest BCUT2D eigenvalue weighted by molar-refractivity contribution is 5.39. The van der Waals surface area contributed by atoms with Gasteiger partial charge in [-0.25, -0.2) is 0 Å². The van der Waals surface area contributed by atoms with Gasteiger partial charge in [0, 0.05) is 11.5 Å². The van der Waals surface area contributed by atoms with Crippen molar-refractivity contribution in [2.45, 2.75) is 71.6 Å². The maximum atomic E-state index is 3.42. The van der Waals surface area contributed by atoms with Gasteiger partial charge < -0.3 is 0 Å². The molecule has 1 aliphatic rings. The molecule has 132 valence electrons. The Morgan fingerprint density at radius 3 is 2.32 bits per heavy atom. The average molecular weight is 333 g/mol. The molecule has 0 atom stereocenters. The molecule has 25 heavy (non-hydrogen) atoms. The lowest BCUT2D eigenvalue weighted by molar-refractivity contribution is 0.294. The van der Waals surface area contributed by atoms with Crippen molar-refractivity contribution in [1.82, 2.24) is 0 Å². The summed E-state index contributed by atoms with van der Waals surface area (Å²) in [6.07, 6.45) is 15.7. The van der Waals surface area contributed by atoms with E-state index in [4.69, 9.17) is 0 Å². The first-order valence-corrected chi connectivity index (χ1v) is 10.1. The molecule has 0 heterocycles. The van der Waals surface area contributed by atoms with Gasteiger partial charge in [0.05, 0.1) is 0 Å². The Bertz CT molecular complexity index is 631. The Kier molecular flexibility index (Phi) is 9.01. The van der Waals surface area contributed by atoms with Gasteiger partial charge in [0.25, 0.3) is 0 Å². The summed E-state index contributed by atoms with van der Waals surface area (Å²) in [4.78, 5) is 0. The van der Waals surface area contributed by atoms with E-state index in [9.17, 15) is 0 Å². The maximum Gasteiger partial charge on any atom is 0.0249 e. The molecule has 0 aromatic heterocycles. The summed E-state index contributed by atoms with van der Waals surface area (Å²) in [7, 11) is 0. The molecule has 1 saturated carbocycles. The molecule has 0 nitrogen and oxygen atoms in total. The predicted octanol–water partition coefficient (Wildman–Crippen LogP) is 6.55. The summed E-state index contributed by atoms with van der Waals surface area (Å²) in [5.74, 6) is 14.4. The SMILES string of the molecule is CCCCCC1CCC(C#C/C=C/C#Cc2ccc(CC)cc2)CC1. The minimum absolute atomic E-state index is 0.599. The second-order valence-electron chi connectivity index (χ2n) is 7.16. The van der Waals surface area contributed by atoms with Crippen LogP contribution in [0.1, 0.15) is 76.3 Å². The third-order valence-electron chi connectivity index (χ3n) is 5.18. The molecular formula is C25H32. The Balaban J connectivity index is 1.70. The fraction of sp³-hybridized carbons (Fsp3) is 0.520. The summed E-state index contributed by atoms with van der Waals surface area (Å²) in [6, 6.07) is 8.47. The minimum atomic E-state index is 0.599. The smallest absolute Gasteiger partial charge is 0.0249 e. The molecule has 0 aliphatic heterocycles. The predicted molar refractivity (Wildman–Crippen MR) is 109 cm³/mol. The molecule has 0 radical (unpaired) electrons. The van der Waals surface area contributed by atoms with Gasteiger partial charge in [0.2, 0.25) is 0 Å². The van der Waals surface area contributed by atoms with E-state index >= 15 is 0 Å². The average Bonchev–Trinajstić information content (AvgIpc) is 2.66. The lowest BCUT2D eigenvalue weighted by Crippen LogP contribution is -2.13. The van der Waals surface area contributed by atoms with Crippen molar-refractivity contribution < 1.29 is 0 Å². The van der Waals surface area contributed by atoms with Crippen molar-refractivity contribution in [2.24, 2.45) is 11.8 Å². The summed E-state index contributed by atoms with van der Waals surface area (Å²) < 4.78 is 0. The molecule has 0 bridgehead atoms. The van der Waals surface area contributed by atoms with E-state index in [0.29, 0.717) is 5.92 Å². The second kappa shape index (κ2) is 11.6. The van der Waals surface area contributed by atoms with E-state index < -0.39 is 0 Å². The first-order valence-electron chi connectivity index (χ1n) is 10.1. The van der Waals surface area contributed by atoms with Crippen LogP contribution in [0.3, 0.4) is 0 Å². The number of aryl methyl sites for hydroxylation is 1. The molecule has 1 aromatic rings. The first-order chi connectivity index (χ1) is 12.3. The van der Waals surface area contributed by atoms with Crippen LogP contribution in [0.15, 0.2) is 36.4 Å². The van der Waals surface area contributed by atoms with Crippen molar-refractivity contribution >= 4 is 0 Å². The van der Waals surface area contributed by atoms with Crippen LogP contribution in [0.5, 0.6) is 0 Å². The van der Waals surface area contributed by atoms with Gasteiger partial charge >= 0.3 is 0 Å². The zero-order valence-electron chi connectivity index (χ0n) is 16.0. The van der Waals surface area contributed by atoms with Crippen molar-refractivity contribution in [3.05, 3.63) is 47.5 Å². The van der Waals surface area contributed by atoms with Crippen molar-refractivity contribution in [3.8, 4) is 23.7 Å². The standard InChI is InChI=1S/C25H32/c1-3-5-8-11-23-18-20-25(21-19-23)13-10-7-6-9-12-24-16-14-22(4-2)15-17-24/h6-7,14-17,23,25H,3-5,8,11,18-21H2,1-2H3/b7-6+. The molecule has 0 amide bonds. The van der Waals surface area contributed by atoms with Gasteiger partial charge in [0.15, 0.2) is 0 Å². The Morgan fingerprint density at radius 1 is 0.920 bits per heavy atom. The Morgan fingerprint density at radius 2 is 1.64 bits per heavy atom. The van der Waals surface area contributed by atoms with Crippen LogP contribution in [-0.2, 0) is 6.42 Å². The molecule has 0 heteroatoms. The Labute approximate surface area is 155 Å². The number of allylic oxidation sites excluding steroid dienone is 2. The van der Waals surface area contributed by atoms with Crippen LogP contribution in [0.4, 0.5) is 0 Å². The molecule has 2 rings (SSSR count). The topological polar surface area (TPSA) is 0 Å². The fourth-order valence-corrected chi connectivity index (χ4v) is 3.48. The largest absolute Gasteiger partial charge is 0.0951 e. The van der Waals surface area contributed by atoms with Gasteiger partial charge in [0.1, 0.15) is 0 Å². The van der Waals surface area contributed by atoms with E-state index in [1.807, 2.05) is 12.2 Å².